The highest BCUT2D eigenvalue weighted by molar-refractivity contribution is 5.65. The minimum absolute atomic E-state index is 0.326. The molecule has 1 aromatic heterocycles. The molecule has 3 heteroatoms. The predicted octanol–water partition coefficient (Wildman–Crippen LogP) is 3.21. The van der Waals surface area contributed by atoms with Gasteiger partial charge in [-0.05, 0) is 44.2 Å². The van der Waals surface area contributed by atoms with Gasteiger partial charge in [0.15, 0.2) is 11.5 Å². The van der Waals surface area contributed by atoms with Crippen molar-refractivity contribution in [3.05, 3.63) is 36.0 Å². The topological polar surface area (TPSA) is 23.4 Å². The van der Waals surface area contributed by atoms with Crippen LogP contribution in [-0.4, -0.2) is 11.4 Å². The highest BCUT2D eigenvalue weighted by atomic mass is 16.7. The number of aryl methyl sites for hydroxylation is 1. The molecule has 1 aliphatic heterocycles. The number of benzene rings is 1. The molecule has 0 radical (unpaired) electrons. The average molecular weight is 229 g/mol. The van der Waals surface area contributed by atoms with Gasteiger partial charge in [0.05, 0.1) is 0 Å². The second-order valence-corrected chi connectivity index (χ2v) is 4.17. The first-order valence-electron chi connectivity index (χ1n) is 5.85. The van der Waals surface area contributed by atoms with Crippen LogP contribution in [0.3, 0.4) is 0 Å². The number of rotatable bonds is 2. The fourth-order valence-electron chi connectivity index (χ4n) is 2.30. The van der Waals surface area contributed by atoms with Gasteiger partial charge in [-0.15, -0.1) is 0 Å². The van der Waals surface area contributed by atoms with Gasteiger partial charge in [0, 0.05) is 23.5 Å². The second-order valence-electron chi connectivity index (χ2n) is 4.17. The van der Waals surface area contributed by atoms with Crippen LogP contribution in [0.5, 0.6) is 11.5 Å². The zero-order chi connectivity index (χ0) is 11.8. The Kier molecular flexibility index (Phi) is 2.32. The van der Waals surface area contributed by atoms with E-state index in [1.54, 1.807) is 0 Å². The molecule has 0 saturated carbocycles. The maximum Gasteiger partial charge on any atom is 0.231 e. The summed E-state index contributed by atoms with van der Waals surface area (Å²) < 4.78 is 13.0. The lowest BCUT2D eigenvalue weighted by Crippen LogP contribution is -1.98. The van der Waals surface area contributed by atoms with Gasteiger partial charge in [0.2, 0.25) is 6.79 Å². The first-order valence-corrected chi connectivity index (χ1v) is 5.85. The van der Waals surface area contributed by atoms with Crippen molar-refractivity contribution < 1.29 is 9.47 Å². The molecule has 0 fully saturated rings. The Labute approximate surface area is 101 Å². The van der Waals surface area contributed by atoms with Crippen molar-refractivity contribution in [3.8, 4) is 22.8 Å². The van der Waals surface area contributed by atoms with Crippen LogP contribution in [0.1, 0.15) is 12.6 Å². The Bertz CT molecular complexity index is 557. The summed E-state index contributed by atoms with van der Waals surface area (Å²) in [4.78, 5) is 0. The number of nitrogens with zero attached hydrogens (tertiary/aromatic N) is 1. The highest BCUT2D eigenvalue weighted by Gasteiger charge is 2.15. The van der Waals surface area contributed by atoms with Crippen LogP contribution in [-0.2, 0) is 6.54 Å². The van der Waals surface area contributed by atoms with Crippen LogP contribution in [0.15, 0.2) is 30.3 Å². The average Bonchev–Trinajstić information content (AvgIpc) is 2.93. The summed E-state index contributed by atoms with van der Waals surface area (Å²) in [6.07, 6.45) is 0. The Morgan fingerprint density at radius 2 is 1.94 bits per heavy atom. The lowest BCUT2D eigenvalue weighted by Gasteiger charge is -2.09. The SMILES string of the molecule is CCn1c(C)ccc1-c1ccc2c(c1)OCO2. The van der Waals surface area contributed by atoms with Crippen molar-refractivity contribution in [1.82, 2.24) is 4.57 Å². The van der Waals surface area contributed by atoms with E-state index in [0.717, 1.165) is 18.0 Å². The van der Waals surface area contributed by atoms with Crippen molar-refractivity contribution in [2.75, 3.05) is 6.79 Å². The molecule has 1 aliphatic rings. The summed E-state index contributed by atoms with van der Waals surface area (Å²) >= 11 is 0. The monoisotopic (exact) mass is 229 g/mol. The summed E-state index contributed by atoms with van der Waals surface area (Å²) in [5.41, 5.74) is 3.67. The Balaban J connectivity index is 2.09. The van der Waals surface area contributed by atoms with Crippen molar-refractivity contribution in [1.29, 1.82) is 0 Å². The molecule has 17 heavy (non-hydrogen) atoms. The number of aromatic nitrogens is 1. The van der Waals surface area contributed by atoms with Gasteiger partial charge in [0.25, 0.3) is 0 Å². The van der Waals surface area contributed by atoms with E-state index in [2.05, 4.69) is 36.6 Å². The molecular weight excluding hydrogens is 214 g/mol. The molecule has 0 aliphatic carbocycles. The van der Waals surface area contributed by atoms with Crippen molar-refractivity contribution >= 4 is 0 Å². The molecule has 3 rings (SSSR count). The van der Waals surface area contributed by atoms with Crippen LogP contribution in [0.25, 0.3) is 11.3 Å². The van der Waals surface area contributed by atoms with Gasteiger partial charge < -0.3 is 14.0 Å². The van der Waals surface area contributed by atoms with Gasteiger partial charge in [0.1, 0.15) is 0 Å². The van der Waals surface area contributed by atoms with Crippen LogP contribution < -0.4 is 9.47 Å². The lowest BCUT2D eigenvalue weighted by atomic mass is 10.1. The van der Waals surface area contributed by atoms with Crippen molar-refractivity contribution in [3.63, 3.8) is 0 Å². The van der Waals surface area contributed by atoms with E-state index >= 15 is 0 Å². The minimum Gasteiger partial charge on any atom is -0.454 e. The van der Waals surface area contributed by atoms with E-state index in [0.29, 0.717) is 6.79 Å². The second kappa shape index (κ2) is 3.84. The van der Waals surface area contributed by atoms with Gasteiger partial charge in [-0.3, -0.25) is 0 Å². The Hall–Kier alpha value is -1.90. The standard InChI is InChI=1S/C14H15NO2/c1-3-15-10(2)4-6-12(15)11-5-7-13-14(8-11)17-9-16-13/h4-8H,3,9H2,1-2H3. The fourth-order valence-corrected chi connectivity index (χ4v) is 2.30. The smallest absolute Gasteiger partial charge is 0.231 e. The molecule has 0 atom stereocenters. The zero-order valence-electron chi connectivity index (χ0n) is 10.1. The van der Waals surface area contributed by atoms with Gasteiger partial charge in [-0.1, -0.05) is 0 Å². The van der Waals surface area contributed by atoms with Crippen LogP contribution >= 0.6 is 0 Å². The molecule has 1 aromatic carbocycles. The number of ether oxygens (including phenoxy) is 2. The molecular formula is C14H15NO2. The highest BCUT2D eigenvalue weighted by Crippen LogP contribution is 2.36. The van der Waals surface area contributed by atoms with E-state index in [1.807, 2.05) is 12.1 Å². The fraction of sp³-hybridized carbons (Fsp3) is 0.286. The number of fused-ring (bicyclic) bond motifs is 1. The summed E-state index contributed by atoms with van der Waals surface area (Å²) in [7, 11) is 0. The third-order valence-electron chi connectivity index (χ3n) is 3.18. The quantitative estimate of drug-likeness (QED) is 0.789. The molecule has 0 unspecified atom stereocenters. The molecule has 88 valence electrons. The summed E-state index contributed by atoms with van der Waals surface area (Å²) in [5, 5.41) is 0. The van der Waals surface area contributed by atoms with E-state index < -0.39 is 0 Å². The third kappa shape index (κ3) is 1.58. The first kappa shape index (κ1) is 10.3. The normalized spacial score (nSPS) is 13.1. The van der Waals surface area contributed by atoms with E-state index in [-0.39, 0.29) is 0 Å². The molecule has 0 bridgehead atoms. The van der Waals surface area contributed by atoms with Crippen LogP contribution in [0.4, 0.5) is 0 Å². The third-order valence-corrected chi connectivity index (χ3v) is 3.18. The Morgan fingerprint density at radius 3 is 2.76 bits per heavy atom. The summed E-state index contributed by atoms with van der Waals surface area (Å²) in [6.45, 7) is 5.58. The van der Waals surface area contributed by atoms with Crippen LogP contribution in [0, 0.1) is 6.92 Å². The van der Waals surface area contributed by atoms with Crippen molar-refractivity contribution in [2.45, 2.75) is 20.4 Å². The van der Waals surface area contributed by atoms with Gasteiger partial charge in [-0.2, -0.15) is 0 Å². The molecule has 0 spiro atoms. The molecule has 0 amide bonds. The number of hydrogen-bond acceptors (Lipinski definition) is 2. The molecule has 0 saturated heterocycles. The predicted molar refractivity (Wildman–Crippen MR) is 66.4 cm³/mol. The molecule has 3 nitrogen and oxygen atoms in total. The molecule has 0 N–H and O–H groups in total. The van der Waals surface area contributed by atoms with Gasteiger partial charge >= 0.3 is 0 Å². The zero-order valence-corrected chi connectivity index (χ0v) is 10.1. The Morgan fingerprint density at radius 1 is 1.12 bits per heavy atom. The minimum atomic E-state index is 0.326. The summed E-state index contributed by atoms with van der Waals surface area (Å²) in [6, 6.07) is 10.4. The first-order chi connectivity index (χ1) is 8.29. The van der Waals surface area contributed by atoms with Crippen molar-refractivity contribution in [2.24, 2.45) is 0 Å². The van der Waals surface area contributed by atoms with E-state index in [4.69, 9.17) is 9.47 Å². The van der Waals surface area contributed by atoms with Gasteiger partial charge in [-0.25, -0.2) is 0 Å². The largest absolute Gasteiger partial charge is 0.454 e. The van der Waals surface area contributed by atoms with E-state index in [1.165, 1.54) is 17.0 Å². The van der Waals surface area contributed by atoms with Crippen LogP contribution in [0.2, 0.25) is 0 Å². The molecule has 2 heterocycles. The summed E-state index contributed by atoms with van der Waals surface area (Å²) in [5.74, 6) is 1.67. The maximum atomic E-state index is 5.41. The number of hydrogen-bond donors (Lipinski definition) is 0. The molecule has 2 aromatic rings. The van der Waals surface area contributed by atoms with E-state index in [9.17, 15) is 0 Å². The lowest BCUT2D eigenvalue weighted by molar-refractivity contribution is 0.174. The maximum absolute atomic E-state index is 5.41.